The fraction of sp³-hybridized carbons (Fsp3) is 0.514. The van der Waals surface area contributed by atoms with E-state index in [2.05, 4.69) is 30.4 Å². The van der Waals surface area contributed by atoms with E-state index in [-0.39, 0.29) is 16.6 Å². The molecule has 2 atom stereocenters. The molecule has 336 valence electrons. The van der Waals surface area contributed by atoms with Crippen LogP contribution in [0.4, 0.5) is 14.7 Å². The highest BCUT2D eigenvalue weighted by molar-refractivity contribution is 7.80. The maximum Gasteiger partial charge on any atom is 0.418 e. The highest BCUT2D eigenvalue weighted by Crippen LogP contribution is 2.42. The molecule has 0 unspecified atom stereocenters. The van der Waals surface area contributed by atoms with Gasteiger partial charge in [0.2, 0.25) is 6.20 Å². The predicted molar refractivity (Wildman–Crippen MR) is 216 cm³/mol. The number of ether oxygens (including phenoxy) is 3. The summed E-state index contributed by atoms with van der Waals surface area (Å²) in [7, 11) is -8.41. The summed E-state index contributed by atoms with van der Waals surface area (Å²) in [5.41, 5.74) is -2.35. The van der Waals surface area contributed by atoms with E-state index in [4.69, 9.17) is 23.6 Å². The van der Waals surface area contributed by atoms with E-state index in [9.17, 15) is 41.9 Å². The number of carbonyl (C=O) groups is 4. The van der Waals surface area contributed by atoms with Crippen molar-refractivity contribution in [3.8, 4) is 16.9 Å². The number of rotatable bonds is 17. The minimum Gasteiger partial charge on any atom is -0.489 e. The number of β-lactam (4-membered cyclic amide) rings is 1. The van der Waals surface area contributed by atoms with Crippen LogP contribution in [0.3, 0.4) is 0 Å². The van der Waals surface area contributed by atoms with Crippen LogP contribution in [-0.2, 0) is 56.7 Å². The maximum atomic E-state index is 13.6. The van der Waals surface area contributed by atoms with Gasteiger partial charge in [-0.1, -0.05) is 17.3 Å². The number of carbonyl (C=O) groups excluding carboxylic acids is 4. The number of aryl methyl sites for hydroxylation is 2. The molecule has 0 spiro atoms. The van der Waals surface area contributed by atoms with Gasteiger partial charge in [0.25, 0.3) is 17.7 Å². The molecule has 4 rings (SSSR count). The van der Waals surface area contributed by atoms with Crippen LogP contribution in [0, 0.1) is 0 Å². The quantitative estimate of drug-likeness (QED) is 0.0216. The number of hydrogen-bond acceptors (Lipinski definition) is 15. The molecule has 0 radical (unpaired) electrons. The molecule has 2 aromatic heterocycles. The van der Waals surface area contributed by atoms with Crippen molar-refractivity contribution in [3.63, 3.8) is 0 Å². The fourth-order valence-corrected chi connectivity index (χ4v) is 6.92. The smallest absolute Gasteiger partial charge is 0.418 e. The van der Waals surface area contributed by atoms with Gasteiger partial charge in [-0.2, -0.15) is 18.2 Å². The Bertz CT molecular complexity index is 2280. The van der Waals surface area contributed by atoms with Crippen molar-refractivity contribution in [1.82, 2.24) is 25.4 Å². The number of hydrogen-bond donors (Lipinski definition) is 6. The minimum absolute atomic E-state index is 0.0752. The van der Waals surface area contributed by atoms with Crippen LogP contribution >= 0.6 is 18.9 Å². The van der Waals surface area contributed by atoms with Gasteiger partial charge < -0.3 is 39.5 Å². The van der Waals surface area contributed by atoms with Crippen molar-refractivity contribution in [2.75, 3.05) is 18.5 Å². The van der Waals surface area contributed by atoms with E-state index >= 15 is 0 Å². The van der Waals surface area contributed by atoms with E-state index in [1.54, 1.807) is 65.8 Å². The summed E-state index contributed by atoms with van der Waals surface area (Å²) in [4.78, 5) is 80.3. The third kappa shape index (κ3) is 14.2. The second kappa shape index (κ2) is 18.8. The number of anilines is 1. The number of benzene rings is 1. The van der Waals surface area contributed by atoms with Crippen LogP contribution in [0.1, 0.15) is 67.5 Å². The summed E-state index contributed by atoms with van der Waals surface area (Å²) >= 11 is 0.823. The first kappa shape index (κ1) is 48.5. The lowest BCUT2D eigenvalue weighted by molar-refractivity contribution is -0.753. The Kier molecular flexibility index (Phi) is 15.0. The second-order valence-electron chi connectivity index (χ2n) is 16.0. The van der Waals surface area contributed by atoms with Gasteiger partial charge in [0.15, 0.2) is 17.9 Å². The van der Waals surface area contributed by atoms with Crippen LogP contribution < -0.4 is 25.4 Å². The molecule has 0 saturated carbocycles. The van der Waals surface area contributed by atoms with Gasteiger partial charge in [0.1, 0.15) is 35.3 Å². The van der Waals surface area contributed by atoms with Gasteiger partial charge in [-0.3, -0.25) is 24.0 Å². The monoisotopic (exact) mass is 917 g/mol. The van der Waals surface area contributed by atoms with Crippen LogP contribution in [0.25, 0.3) is 11.1 Å². The molecular weight excluding hydrogens is 868 g/mol. The molecule has 0 bridgehead atoms. The molecular formula is C35H50N8O15PS2+. The topological polar surface area (TPSA) is 300 Å². The lowest BCUT2D eigenvalue weighted by Gasteiger charge is -2.50. The van der Waals surface area contributed by atoms with Gasteiger partial charge in [0, 0.05) is 11.9 Å². The molecule has 6 N–H and O–H groups in total. The molecule has 1 saturated heterocycles. The molecule has 3 aromatic rings. The molecule has 1 aliphatic heterocycles. The summed E-state index contributed by atoms with van der Waals surface area (Å²) in [6.07, 6.45) is 3.07. The first-order chi connectivity index (χ1) is 28.0. The molecule has 1 fully saturated rings. The molecule has 26 heteroatoms. The van der Waals surface area contributed by atoms with Gasteiger partial charge in [-0.15, -0.1) is 20.3 Å². The average molecular weight is 918 g/mol. The van der Waals surface area contributed by atoms with Crippen molar-refractivity contribution >= 4 is 64.2 Å². The van der Waals surface area contributed by atoms with Crippen molar-refractivity contribution in [3.05, 3.63) is 47.7 Å². The number of hydroxylamine groups is 2. The SMILES string of the molecule is C[n+]1cc(-c2ccc(OC[C@@H](O/N=C(\C(=O)N[C@@H]3C(=O)N(OS(=O)(=O)O)C3(C)C)c3csc(NC(=O)OC(C)(C)C)n3)P(=O)(O)O)cc2)cn1CCCNC(=O)OC(C)(C)C. The van der Waals surface area contributed by atoms with Crippen LogP contribution in [0.2, 0.25) is 0 Å². The minimum atomic E-state index is -5.16. The first-order valence-electron chi connectivity index (χ1n) is 18.4. The number of nitrogens with zero attached hydrogens (tertiary/aromatic N) is 5. The summed E-state index contributed by atoms with van der Waals surface area (Å²) in [5.74, 6) is -4.13. The summed E-state index contributed by atoms with van der Waals surface area (Å²) in [5, 5.41) is 12.6. The zero-order chi connectivity index (χ0) is 45.7. The number of alkyl carbamates (subject to hydrolysis) is 1. The molecule has 1 aromatic carbocycles. The Labute approximate surface area is 355 Å². The number of thiazole rings is 1. The van der Waals surface area contributed by atoms with E-state index < -0.39 is 82.9 Å². The normalized spacial score (nSPS) is 16.3. The molecule has 61 heavy (non-hydrogen) atoms. The third-order valence-electron chi connectivity index (χ3n) is 8.16. The highest BCUT2D eigenvalue weighted by atomic mass is 32.3. The van der Waals surface area contributed by atoms with Gasteiger partial charge in [-0.25, -0.2) is 14.6 Å². The summed E-state index contributed by atoms with van der Waals surface area (Å²) < 4.78 is 68.4. The fourth-order valence-electron chi connectivity index (χ4n) is 5.35. The van der Waals surface area contributed by atoms with Gasteiger partial charge >= 0.3 is 30.2 Å². The standard InChI is InChI=1S/C35H49N8O15PS2/c1-33(2,3)55-31(46)36-15-10-16-42-18-22(17-41(42)9)21-11-13-23(14-12-21)54-19-25(59(48,49)50)57-40-26(24-20-60-30(37-24)39-32(47)56-34(4,5)6)28(44)38-27-29(45)43(35(27,7)8)58-61(51,52)53/h11-14,17-18,20,25,27H,10,15-16,19H2,1-9H3,(H5-,36,37,38,39,44,46,47,48,49,50,51,52,53)/p+1/b40-26-/t25-,27+/m0/s1. The summed E-state index contributed by atoms with van der Waals surface area (Å²) in [6, 6.07) is 5.13. The Morgan fingerprint density at radius 3 is 2.25 bits per heavy atom. The number of oxime groups is 1. The Morgan fingerprint density at radius 2 is 1.67 bits per heavy atom. The van der Waals surface area contributed by atoms with Crippen LogP contribution in [0.15, 0.2) is 47.2 Å². The summed E-state index contributed by atoms with van der Waals surface area (Å²) in [6.45, 7) is 13.1. The lowest BCUT2D eigenvalue weighted by Crippen LogP contribution is -2.76. The van der Waals surface area contributed by atoms with Crippen LogP contribution in [-0.4, -0.2) is 109 Å². The first-order valence-corrected chi connectivity index (χ1v) is 22.3. The van der Waals surface area contributed by atoms with E-state index in [1.165, 1.54) is 19.2 Å². The maximum absolute atomic E-state index is 13.6. The Balaban J connectivity index is 1.48. The van der Waals surface area contributed by atoms with Crippen molar-refractivity contribution in [2.24, 2.45) is 12.2 Å². The van der Waals surface area contributed by atoms with Crippen molar-refractivity contribution in [1.29, 1.82) is 0 Å². The van der Waals surface area contributed by atoms with Crippen LogP contribution in [0.5, 0.6) is 5.75 Å². The number of nitrogens with one attached hydrogen (secondary N) is 3. The highest BCUT2D eigenvalue weighted by Gasteiger charge is 2.58. The number of amides is 4. The Morgan fingerprint density at radius 1 is 1.05 bits per heavy atom. The molecule has 4 amide bonds. The van der Waals surface area contributed by atoms with Crippen molar-refractivity contribution in [2.45, 2.75) is 97.0 Å². The van der Waals surface area contributed by atoms with Gasteiger partial charge in [-0.05, 0) is 79.5 Å². The van der Waals surface area contributed by atoms with E-state index in [0.29, 0.717) is 24.6 Å². The molecule has 0 aliphatic carbocycles. The second-order valence-corrected chi connectivity index (χ2v) is 19.6. The van der Waals surface area contributed by atoms with E-state index in [0.717, 1.165) is 22.5 Å². The Hall–Kier alpha value is -5.17. The van der Waals surface area contributed by atoms with Gasteiger partial charge in [0.05, 0.1) is 23.8 Å². The average Bonchev–Trinajstić information content (AvgIpc) is 3.72. The predicted octanol–water partition coefficient (Wildman–Crippen LogP) is 2.84. The number of aromatic nitrogens is 3. The molecule has 3 heterocycles. The zero-order valence-electron chi connectivity index (χ0n) is 34.8. The molecule has 23 nitrogen and oxygen atoms in total. The van der Waals surface area contributed by atoms with E-state index in [1.807, 2.05) is 28.8 Å². The largest absolute Gasteiger partial charge is 0.489 e. The molecule has 1 aliphatic rings. The third-order valence-corrected chi connectivity index (χ3v) is 10.3. The zero-order valence-corrected chi connectivity index (χ0v) is 37.3. The lowest BCUT2D eigenvalue weighted by atomic mass is 9.84. The van der Waals surface area contributed by atoms with Crippen molar-refractivity contribution < 1.29 is 74.5 Å².